The first-order chi connectivity index (χ1) is 6.66. The molecule has 14 heavy (non-hydrogen) atoms. The quantitative estimate of drug-likeness (QED) is 0.560. The molecule has 1 aromatic carbocycles. The number of nitro benzene ring substituents is 1. The van der Waals surface area contributed by atoms with Crippen LogP contribution in [-0.4, -0.2) is 18.0 Å². The second-order valence-electron chi connectivity index (χ2n) is 2.92. The first-order valence-electron chi connectivity index (χ1n) is 4.34. The summed E-state index contributed by atoms with van der Waals surface area (Å²) in [6.07, 6.45) is 0. The van der Waals surface area contributed by atoms with E-state index >= 15 is 0 Å². The molecule has 0 aromatic heterocycles. The third-order valence-corrected chi connectivity index (χ3v) is 1.96. The van der Waals surface area contributed by atoms with Crippen LogP contribution in [0.5, 0.6) is 0 Å². The smallest absolute Gasteiger partial charge is 0.274 e. The number of nitrogens with zero attached hydrogens (tertiary/aromatic N) is 1. The number of nitrogens with two attached hydrogens (primary N) is 1. The van der Waals surface area contributed by atoms with Gasteiger partial charge in [-0.25, -0.2) is 0 Å². The highest BCUT2D eigenvalue weighted by molar-refractivity contribution is 5.59. The van der Waals surface area contributed by atoms with Crippen molar-refractivity contribution in [2.75, 3.05) is 18.4 Å². The first kappa shape index (κ1) is 10.5. The molecule has 0 amide bonds. The predicted octanol–water partition coefficient (Wildman–Crippen LogP) is 1.27. The van der Waals surface area contributed by atoms with Gasteiger partial charge < -0.3 is 11.1 Å². The largest absolute Gasteiger partial charge is 0.383 e. The lowest BCUT2D eigenvalue weighted by Crippen LogP contribution is -2.13. The average molecular weight is 195 g/mol. The highest BCUT2D eigenvalue weighted by atomic mass is 16.6. The molecule has 76 valence electrons. The van der Waals surface area contributed by atoms with Crippen LogP contribution >= 0.6 is 0 Å². The van der Waals surface area contributed by atoms with E-state index in [1.165, 1.54) is 6.07 Å². The van der Waals surface area contributed by atoms with Crippen LogP contribution < -0.4 is 11.1 Å². The van der Waals surface area contributed by atoms with E-state index in [1.54, 1.807) is 19.1 Å². The third-order valence-electron chi connectivity index (χ3n) is 1.96. The summed E-state index contributed by atoms with van der Waals surface area (Å²) in [7, 11) is 0. The van der Waals surface area contributed by atoms with Gasteiger partial charge in [-0.15, -0.1) is 0 Å². The Morgan fingerprint density at radius 2 is 2.29 bits per heavy atom. The second-order valence-corrected chi connectivity index (χ2v) is 2.92. The molecule has 5 heteroatoms. The number of hydrogen-bond donors (Lipinski definition) is 2. The Bertz CT molecular complexity index is 339. The fourth-order valence-electron chi connectivity index (χ4n) is 1.22. The van der Waals surface area contributed by atoms with Gasteiger partial charge in [0.25, 0.3) is 5.69 Å². The molecule has 0 saturated heterocycles. The number of nitrogens with one attached hydrogen (secondary N) is 1. The van der Waals surface area contributed by atoms with E-state index in [0.29, 0.717) is 18.7 Å². The van der Waals surface area contributed by atoms with Gasteiger partial charge in [-0.05, 0) is 13.0 Å². The van der Waals surface area contributed by atoms with Crippen molar-refractivity contribution in [1.29, 1.82) is 0 Å². The molecule has 0 heterocycles. The molecule has 0 aliphatic heterocycles. The molecular formula is C9H13N3O2. The van der Waals surface area contributed by atoms with Crippen molar-refractivity contribution in [3.63, 3.8) is 0 Å². The summed E-state index contributed by atoms with van der Waals surface area (Å²) in [6.45, 7) is 2.83. The molecule has 3 N–H and O–H groups in total. The first-order valence-corrected chi connectivity index (χ1v) is 4.34. The molecule has 0 aliphatic rings. The topological polar surface area (TPSA) is 81.2 Å². The van der Waals surface area contributed by atoms with Crippen LogP contribution in [-0.2, 0) is 0 Å². The monoisotopic (exact) mass is 195 g/mol. The van der Waals surface area contributed by atoms with Crippen molar-refractivity contribution in [1.82, 2.24) is 0 Å². The van der Waals surface area contributed by atoms with Crippen LogP contribution in [0.15, 0.2) is 18.2 Å². The van der Waals surface area contributed by atoms with Crippen LogP contribution in [0.2, 0.25) is 0 Å². The van der Waals surface area contributed by atoms with Crippen molar-refractivity contribution in [2.45, 2.75) is 6.92 Å². The van der Waals surface area contributed by atoms with E-state index in [4.69, 9.17) is 5.73 Å². The van der Waals surface area contributed by atoms with Gasteiger partial charge >= 0.3 is 0 Å². The summed E-state index contributed by atoms with van der Waals surface area (Å²) in [5.41, 5.74) is 6.87. The van der Waals surface area contributed by atoms with Gasteiger partial charge in [0, 0.05) is 30.4 Å². The molecule has 0 unspecified atom stereocenters. The number of hydrogen-bond acceptors (Lipinski definition) is 4. The van der Waals surface area contributed by atoms with Gasteiger partial charge in [0.2, 0.25) is 0 Å². The standard InChI is InChI=1S/C9H13N3O2/c1-7-8(11-6-5-10)3-2-4-9(7)12(13)14/h2-4,11H,5-6,10H2,1H3. The molecule has 5 nitrogen and oxygen atoms in total. The van der Waals surface area contributed by atoms with E-state index in [-0.39, 0.29) is 10.6 Å². The predicted molar refractivity (Wildman–Crippen MR) is 55.4 cm³/mol. The van der Waals surface area contributed by atoms with Gasteiger partial charge in [-0.1, -0.05) is 6.07 Å². The normalized spacial score (nSPS) is 9.86. The Labute approximate surface area is 82.1 Å². The lowest BCUT2D eigenvalue weighted by Gasteiger charge is -2.07. The minimum atomic E-state index is -0.386. The van der Waals surface area contributed by atoms with E-state index in [9.17, 15) is 10.1 Å². The van der Waals surface area contributed by atoms with Crippen LogP contribution in [0, 0.1) is 17.0 Å². The fourth-order valence-corrected chi connectivity index (χ4v) is 1.22. The number of anilines is 1. The van der Waals surface area contributed by atoms with E-state index in [1.807, 2.05) is 0 Å². The fraction of sp³-hybridized carbons (Fsp3) is 0.333. The zero-order chi connectivity index (χ0) is 10.6. The van der Waals surface area contributed by atoms with Crippen LogP contribution in [0.4, 0.5) is 11.4 Å². The summed E-state index contributed by atoms with van der Waals surface area (Å²) in [5.74, 6) is 0. The molecule has 1 rings (SSSR count). The summed E-state index contributed by atoms with van der Waals surface area (Å²) in [4.78, 5) is 10.2. The zero-order valence-corrected chi connectivity index (χ0v) is 7.99. The number of benzene rings is 1. The molecule has 0 aliphatic carbocycles. The number of nitro groups is 1. The van der Waals surface area contributed by atoms with Crippen molar-refractivity contribution < 1.29 is 4.92 Å². The molecule has 1 aromatic rings. The number of rotatable bonds is 4. The Hall–Kier alpha value is -1.62. The summed E-state index contributed by atoms with van der Waals surface area (Å²) in [5, 5.41) is 13.6. The molecular weight excluding hydrogens is 182 g/mol. The Morgan fingerprint density at radius 1 is 1.57 bits per heavy atom. The summed E-state index contributed by atoms with van der Waals surface area (Å²) >= 11 is 0. The maximum absolute atomic E-state index is 10.6. The van der Waals surface area contributed by atoms with Gasteiger partial charge in [0.1, 0.15) is 0 Å². The Balaban J connectivity index is 2.95. The molecule has 0 bridgehead atoms. The average Bonchev–Trinajstić information content (AvgIpc) is 2.16. The summed E-state index contributed by atoms with van der Waals surface area (Å²) < 4.78 is 0. The van der Waals surface area contributed by atoms with Crippen molar-refractivity contribution in [2.24, 2.45) is 5.73 Å². The molecule has 0 spiro atoms. The third kappa shape index (κ3) is 2.20. The second kappa shape index (κ2) is 4.57. The molecule has 0 fully saturated rings. The van der Waals surface area contributed by atoms with E-state index < -0.39 is 0 Å². The van der Waals surface area contributed by atoms with Crippen LogP contribution in [0.3, 0.4) is 0 Å². The van der Waals surface area contributed by atoms with E-state index in [0.717, 1.165) is 5.69 Å². The molecule has 0 atom stereocenters. The minimum Gasteiger partial charge on any atom is -0.383 e. The summed E-state index contributed by atoms with van der Waals surface area (Å²) in [6, 6.07) is 4.95. The minimum absolute atomic E-state index is 0.132. The highest BCUT2D eigenvalue weighted by Crippen LogP contribution is 2.24. The van der Waals surface area contributed by atoms with Crippen molar-refractivity contribution in [3.8, 4) is 0 Å². The zero-order valence-electron chi connectivity index (χ0n) is 7.99. The Morgan fingerprint density at radius 3 is 2.86 bits per heavy atom. The van der Waals surface area contributed by atoms with Crippen molar-refractivity contribution in [3.05, 3.63) is 33.9 Å². The van der Waals surface area contributed by atoms with Gasteiger partial charge in [0.15, 0.2) is 0 Å². The molecule has 0 radical (unpaired) electrons. The lowest BCUT2D eigenvalue weighted by atomic mass is 10.1. The SMILES string of the molecule is Cc1c(NCCN)cccc1[N+](=O)[O-]. The van der Waals surface area contributed by atoms with Crippen molar-refractivity contribution >= 4 is 11.4 Å². The molecule has 0 saturated carbocycles. The van der Waals surface area contributed by atoms with Crippen LogP contribution in [0.1, 0.15) is 5.56 Å². The van der Waals surface area contributed by atoms with Gasteiger partial charge in [-0.3, -0.25) is 10.1 Å². The maximum atomic E-state index is 10.6. The highest BCUT2D eigenvalue weighted by Gasteiger charge is 2.12. The lowest BCUT2D eigenvalue weighted by molar-refractivity contribution is -0.385. The Kier molecular flexibility index (Phi) is 3.41. The van der Waals surface area contributed by atoms with E-state index in [2.05, 4.69) is 5.32 Å². The maximum Gasteiger partial charge on any atom is 0.274 e. The van der Waals surface area contributed by atoms with Crippen LogP contribution in [0.25, 0.3) is 0 Å². The van der Waals surface area contributed by atoms with Gasteiger partial charge in [-0.2, -0.15) is 0 Å². The van der Waals surface area contributed by atoms with Gasteiger partial charge in [0.05, 0.1) is 4.92 Å².